The van der Waals surface area contributed by atoms with Crippen molar-refractivity contribution in [3.8, 4) is 5.75 Å². The van der Waals surface area contributed by atoms with E-state index in [0.717, 1.165) is 37.2 Å². The van der Waals surface area contributed by atoms with Gasteiger partial charge in [0.2, 0.25) is 5.91 Å². The number of unbranched alkanes of at least 4 members (excludes halogenated alkanes) is 1. The van der Waals surface area contributed by atoms with Crippen molar-refractivity contribution in [1.82, 2.24) is 0 Å². The zero-order chi connectivity index (χ0) is 23.4. The van der Waals surface area contributed by atoms with Gasteiger partial charge in [-0.1, -0.05) is 38.3 Å². The zero-order valence-corrected chi connectivity index (χ0v) is 19.5. The molecule has 4 rings (SSSR count). The van der Waals surface area contributed by atoms with Gasteiger partial charge in [0.25, 0.3) is 5.91 Å². The molecule has 1 saturated carbocycles. The highest BCUT2D eigenvalue weighted by Crippen LogP contribution is 2.38. The van der Waals surface area contributed by atoms with Crippen molar-refractivity contribution < 1.29 is 18.7 Å². The second-order valence-corrected chi connectivity index (χ2v) is 9.34. The van der Waals surface area contributed by atoms with Gasteiger partial charge in [-0.05, 0) is 74.4 Å². The van der Waals surface area contributed by atoms with E-state index in [4.69, 9.17) is 4.74 Å². The summed E-state index contributed by atoms with van der Waals surface area (Å²) in [6.07, 6.45) is 7.25. The molecule has 0 spiro atoms. The van der Waals surface area contributed by atoms with Crippen molar-refractivity contribution in [3.05, 3.63) is 53.8 Å². The summed E-state index contributed by atoms with van der Waals surface area (Å²) in [6, 6.07) is 11.5. The van der Waals surface area contributed by atoms with Crippen molar-refractivity contribution in [2.24, 2.45) is 11.8 Å². The minimum atomic E-state index is -0.610. The van der Waals surface area contributed by atoms with E-state index in [0.29, 0.717) is 23.7 Å². The van der Waals surface area contributed by atoms with Gasteiger partial charge in [0, 0.05) is 11.6 Å². The molecule has 2 aromatic rings. The molecule has 2 aromatic carbocycles. The first kappa shape index (κ1) is 23.3. The number of halogens is 1. The van der Waals surface area contributed by atoms with E-state index in [1.54, 1.807) is 36.1 Å². The van der Waals surface area contributed by atoms with Crippen molar-refractivity contribution in [2.75, 3.05) is 10.2 Å². The topological polar surface area (TPSA) is 58.6 Å². The van der Waals surface area contributed by atoms with Gasteiger partial charge in [0.05, 0.1) is 12.2 Å². The van der Waals surface area contributed by atoms with Crippen molar-refractivity contribution in [2.45, 2.75) is 71.4 Å². The SMILES string of the molecule is CCCCC1CCC(C(=O)Nc2ccc3c(c2)N(Cc2ccc(F)cc2)C(=O)C(C)O3)CC1. The van der Waals surface area contributed by atoms with E-state index in [2.05, 4.69) is 12.2 Å². The molecule has 0 saturated heterocycles. The van der Waals surface area contributed by atoms with E-state index in [9.17, 15) is 14.0 Å². The standard InChI is InChI=1S/C27H33FN2O3/c1-3-4-5-19-6-10-21(11-7-19)26(31)29-23-14-15-25-24(16-23)30(27(32)18(2)33-25)17-20-8-12-22(28)13-9-20/h8-9,12-16,18-19,21H,3-7,10-11,17H2,1-2H3,(H,29,31). The maximum atomic E-state index is 13.3. The van der Waals surface area contributed by atoms with Gasteiger partial charge in [-0.2, -0.15) is 0 Å². The average Bonchev–Trinajstić information content (AvgIpc) is 2.82. The Morgan fingerprint density at radius 1 is 1.12 bits per heavy atom. The number of nitrogens with one attached hydrogen (secondary N) is 1. The Kier molecular flexibility index (Phi) is 7.31. The van der Waals surface area contributed by atoms with Gasteiger partial charge in [-0.3, -0.25) is 9.59 Å². The van der Waals surface area contributed by atoms with Crippen molar-refractivity contribution in [3.63, 3.8) is 0 Å². The molecule has 0 bridgehead atoms. The molecule has 1 aliphatic heterocycles. The van der Waals surface area contributed by atoms with Crippen LogP contribution in [0.25, 0.3) is 0 Å². The molecule has 0 aromatic heterocycles. The fourth-order valence-electron chi connectivity index (χ4n) is 4.87. The highest BCUT2D eigenvalue weighted by molar-refractivity contribution is 6.01. The van der Waals surface area contributed by atoms with Gasteiger partial charge >= 0.3 is 0 Å². The summed E-state index contributed by atoms with van der Waals surface area (Å²) in [4.78, 5) is 27.4. The maximum absolute atomic E-state index is 13.3. The number of nitrogens with zero attached hydrogens (tertiary/aromatic N) is 1. The molecule has 1 unspecified atom stereocenters. The van der Waals surface area contributed by atoms with Gasteiger partial charge in [-0.15, -0.1) is 0 Å². The Morgan fingerprint density at radius 2 is 1.85 bits per heavy atom. The van der Waals surface area contributed by atoms with Crippen LogP contribution in [0.1, 0.15) is 64.4 Å². The van der Waals surface area contributed by atoms with E-state index in [1.807, 2.05) is 6.07 Å². The Bertz CT molecular complexity index is 983. The summed E-state index contributed by atoms with van der Waals surface area (Å²) in [5.41, 5.74) is 2.09. The first-order valence-electron chi connectivity index (χ1n) is 12.1. The predicted octanol–water partition coefficient (Wildman–Crippen LogP) is 6.07. The molecule has 0 radical (unpaired) electrons. The van der Waals surface area contributed by atoms with Crippen LogP contribution in [0.3, 0.4) is 0 Å². The summed E-state index contributed by atoms with van der Waals surface area (Å²) in [5, 5.41) is 3.06. The molecular formula is C27H33FN2O3. The number of ether oxygens (including phenoxy) is 1. The number of hydrogen-bond acceptors (Lipinski definition) is 3. The minimum Gasteiger partial charge on any atom is -0.479 e. The minimum absolute atomic E-state index is 0.0344. The third-order valence-electron chi connectivity index (χ3n) is 6.87. The molecule has 1 fully saturated rings. The fraction of sp³-hybridized carbons (Fsp3) is 0.481. The summed E-state index contributed by atoms with van der Waals surface area (Å²) < 4.78 is 19.1. The summed E-state index contributed by atoms with van der Waals surface area (Å²) in [5.74, 6) is 0.949. The molecule has 6 heteroatoms. The smallest absolute Gasteiger partial charge is 0.268 e. The number of amides is 2. The first-order valence-corrected chi connectivity index (χ1v) is 12.1. The van der Waals surface area contributed by atoms with Gasteiger partial charge < -0.3 is 15.0 Å². The van der Waals surface area contributed by atoms with Gasteiger partial charge in [0.1, 0.15) is 11.6 Å². The summed E-state index contributed by atoms with van der Waals surface area (Å²) in [6.45, 7) is 4.24. The van der Waals surface area contributed by atoms with Crippen LogP contribution in [-0.4, -0.2) is 17.9 Å². The van der Waals surface area contributed by atoms with E-state index < -0.39 is 6.10 Å². The lowest BCUT2D eigenvalue weighted by molar-refractivity contribution is -0.125. The molecule has 1 aliphatic carbocycles. The summed E-state index contributed by atoms with van der Waals surface area (Å²) in [7, 11) is 0. The van der Waals surface area contributed by atoms with E-state index in [-0.39, 0.29) is 23.5 Å². The van der Waals surface area contributed by atoms with Crippen LogP contribution in [0.2, 0.25) is 0 Å². The average molecular weight is 453 g/mol. The Balaban J connectivity index is 1.46. The maximum Gasteiger partial charge on any atom is 0.268 e. The van der Waals surface area contributed by atoms with Crippen LogP contribution in [-0.2, 0) is 16.1 Å². The first-order chi connectivity index (χ1) is 15.9. The van der Waals surface area contributed by atoms with Crippen LogP contribution in [0.4, 0.5) is 15.8 Å². The number of carbonyl (C=O) groups is 2. The van der Waals surface area contributed by atoms with Crippen LogP contribution < -0.4 is 15.0 Å². The van der Waals surface area contributed by atoms with Crippen LogP contribution in [0.5, 0.6) is 5.75 Å². The molecule has 2 amide bonds. The highest BCUT2D eigenvalue weighted by atomic mass is 19.1. The molecule has 5 nitrogen and oxygen atoms in total. The zero-order valence-electron chi connectivity index (χ0n) is 19.5. The van der Waals surface area contributed by atoms with E-state index >= 15 is 0 Å². The Hall–Kier alpha value is -2.89. The number of hydrogen-bond donors (Lipinski definition) is 1. The van der Waals surface area contributed by atoms with Gasteiger partial charge in [0.15, 0.2) is 6.10 Å². The lowest BCUT2D eigenvalue weighted by Gasteiger charge is -2.33. The lowest BCUT2D eigenvalue weighted by Crippen LogP contribution is -2.44. The Labute approximate surface area is 195 Å². The molecule has 2 aliphatic rings. The lowest BCUT2D eigenvalue weighted by atomic mass is 9.79. The molecule has 1 heterocycles. The molecule has 33 heavy (non-hydrogen) atoms. The largest absolute Gasteiger partial charge is 0.479 e. The second kappa shape index (κ2) is 10.4. The fourth-order valence-corrected chi connectivity index (χ4v) is 4.87. The molecule has 1 N–H and O–H groups in total. The highest BCUT2D eigenvalue weighted by Gasteiger charge is 2.32. The van der Waals surface area contributed by atoms with E-state index in [1.165, 1.54) is 31.4 Å². The third kappa shape index (κ3) is 5.55. The van der Waals surface area contributed by atoms with Crippen LogP contribution >= 0.6 is 0 Å². The molecule has 176 valence electrons. The quantitative estimate of drug-likeness (QED) is 0.554. The molecular weight excluding hydrogens is 419 g/mol. The Morgan fingerprint density at radius 3 is 2.55 bits per heavy atom. The number of benzene rings is 2. The van der Waals surface area contributed by atoms with Crippen LogP contribution in [0.15, 0.2) is 42.5 Å². The van der Waals surface area contributed by atoms with Crippen LogP contribution in [0, 0.1) is 17.7 Å². The number of carbonyl (C=O) groups excluding carboxylic acids is 2. The van der Waals surface area contributed by atoms with Crippen molar-refractivity contribution in [1.29, 1.82) is 0 Å². The number of anilines is 2. The number of rotatable bonds is 7. The normalized spacial score (nSPS) is 22.5. The third-order valence-corrected chi connectivity index (χ3v) is 6.87. The predicted molar refractivity (Wildman–Crippen MR) is 128 cm³/mol. The second-order valence-electron chi connectivity index (χ2n) is 9.34. The van der Waals surface area contributed by atoms with Gasteiger partial charge in [-0.25, -0.2) is 4.39 Å². The monoisotopic (exact) mass is 452 g/mol. The van der Waals surface area contributed by atoms with Crippen molar-refractivity contribution >= 4 is 23.2 Å². The molecule has 1 atom stereocenters. The summed E-state index contributed by atoms with van der Waals surface area (Å²) >= 11 is 0. The number of fused-ring (bicyclic) bond motifs is 1.